The molecular formula is C19H24O6S2. The molecule has 0 radical (unpaired) electrons. The van der Waals surface area contributed by atoms with Gasteiger partial charge in [-0.15, -0.1) is 23.5 Å². The summed E-state index contributed by atoms with van der Waals surface area (Å²) in [6, 6.07) is 14.1. The number of hydrogen-bond donors (Lipinski definition) is 2. The molecule has 148 valence electrons. The van der Waals surface area contributed by atoms with Crippen molar-refractivity contribution in [2.75, 3.05) is 45.1 Å². The van der Waals surface area contributed by atoms with Gasteiger partial charge in [-0.2, -0.15) is 0 Å². The van der Waals surface area contributed by atoms with E-state index >= 15 is 0 Å². The van der Waals surface area contributed by atoms with Crippen LogP contribution < -0.4 is 0 Å². The summed E-state index contributed by atoms with van der Waals surface area (Å²) in [5, 5.41) is 18.4. The molecule has 6 nitrogen and oxygen atoms in total. The fraction of sp³-hybridized carbons (Fsp3) is 0.368. The summed E-state index contributed by atoms with van der Waals surface area (Å²) in [5.74, 6) is 2.14. The Hall–Kier alpha value is -1.42. The lowest BCUT2D eigenvalue weighted by atomic mass is 10.3. The minimum atomic E-state index is 0.121. The van der Waals surface area contributed by atoms with Crippen molar-refractivity contribution in [2.45, 2.75) is 9.79 Å². The van der Waals surface area contributed by atoms with Crippen molar-refractivity contribution in [1.82, 2.24) is 0 Å². The van der Waals surface area contributed by atoms with Crippen molar-refractivity contribution < 1.29 is 29.2 Å². The van der Waals surface area contributed by atoms with Crippen LogP contribution in [0.4, 0.5) is 0 Å². The van der Waals surface area contributed by atoms with E-state index in [-0.39, 0.29) is 31.9 Å². The average Bonchev–Trinajstić information content (AvgIpc) is 2.68. The minimum Gasteiger partial charge on any atom is -0.508 e. The molecule has 0 heterocycles. The predicted octanol–water partition coefficient (Wildman–Crippen LogP) is 3.92. The largest absolute Gasteiger partial charge is 0.508 e. The van der Waals surface area contributed by atoms with Crippen molar-refractivity contribution in [2.24, 2.45) is 0 Å². The Labute approximate surface area is 167 Å². The molecule has 8 heteroatoms. The third-order valence-corrected chi connectivity index (χ3v) is 5.12. The predicted molar refractivity (Wildman–Crippen MR) is 106 cm³/mol. The molecule has 0 saturated carbocycles. The molecule has 0 unspecified atom stereocenters. The minimum absolute atomic E-state index is 0.121. The molecule has 0 aromatic heterocycles. The molecule has 2 aromatic rings. The van der Waals surface area contributed by atoms with E-state index in [1.165, 1.54) is 0 Å². The number of thioether (sulfide) groups is 2. The molecule has 2 N–H and O–H groups in total. The highest BCUT2D eigenvalue weighted by atomic mass is 32.2. The molecule has 2 aromatic carbocycles. The van der Waals surface area contributed by atoms with Crippen molar-refractivity contribution in [3.05, 3.63) is 48.5 Å². The Morgan fingerprint density at radius 3 is 1.33 bits per heavy atom. The number of hydrogen-bond acceptors (Lipinski definition) is 8. The Bertz CT molecular complexity index is 566. The molecule has 0 atom stereocenters. The molecular weight excluding hydrogens is 388 g/mol. The SMILES string of the molecule is Oc1ccc(SCCOCOCOCOCCSc2ccc(O)cc2)cc1. The van der Waals surface area contributed by atoms with Gasteiger partial charge in [0.25, 0.3) is 0 Å². The van der Waals surface area contributed by atoms with E-state index in [0.29, 0.717) is 13.2 Å². The molecule has 0 aliphatic carbocycles. The Morgan fingerprint density at radius 2 is 0.926 bits per heavy atom. The van der Waals surface area contributed by atoms with Crippen LogP contribution in [0.3, 0.4) is 0 Å². The highest BCUT2D eigenvalue weighted by Crippen LogP contribution is 2.21. The fourth-order valence-corrected chi connectivity index (χ4v) is 3.42. The molecule has 0 saturated heterocycles. The van der Waals surface area contributed by atoms with Crippen LogP contribution >= 0.6 is 23.5 Å². The van der Waals surface area contributed by atoms with Crippen molar-refractivity contribution in [3.63, 3.8) is 0 Å². The summed E-state index contributed by atoms with van der Waals surface area (Å²) >= 11 is 3.30. The van der Waals surface area contributed by atoms with Crippen LogP contribution in [0.5, 0.6) is 11.5 Å². The standard InChI is InChI=1S/C19H24O6S2/c20-16-1-5-18(6-2-16)26-11-9-22-13-24-15-25-14-23-10-12-27-19-7-3-17(21)4-8-19/h1-8,20-21H,9-15H2. The first-order chi connectivity index (χ1) is 13.2. The van der Waals surface area contributed by atoms with Gasteiger partial charge in [0.2, 0.25) is 0 Å². The molecule has 0 spiro atoms. The maximum Gasteiger partial charge on any atom is 0.152 e. The number of aromatic hydroxyl groups is 2. The first-order valence-electron chi connectivity index (χ1n) is 8.38. The Balaban J connectivity index is 1.32. The van der Waals surface area contributed by atoms with Gasteiger partial charge in [-0.3, -0.25) is 0 Å². The van der Waals surface area contributed by atoms with Gasteiger partial charge < -0.3 is 29.2 Å². The molecule has 0 aliphatic rings. The molecule has 0 bridgehead atoms. The van der Waals surface area contributed by atoms with E-state index in [1.54, 1.807) is 47.8 Å². The number of benzene rings is 2. The van der Waals surface area contributed by atoms with Gasteiger partial charge in [-0.1, -0.05) is 0 Å². The highest BCUT2D eigenvalue weighted by Gasteiger charge is 1.97. The summed E-state index contributed by atoms with van der Waals surface area (Å²) in [5.41, 5.74) is 0. The van der Waals surface area contributed by atoms with Crippen molar-refractivity contribution in [1.29, 1.82) is 0 Å². The topological polar surface area (TPSA) is 77.4 Å². The normalized spacial score (nSPS) is 11.0. The van der Waals surface area contributed by atoms with Crippen LogP contribution in [0.25, 0.3) is 0 Å². The molecule has 27 heavy (non-hydrogen) atoms. The molecule has 2 rings (SSSR count). The van der Waals surface area contributed by atoms with E-state index < -0.39 is 0 Å². The zero-order chi connectivity index (χ0) is 19.2. The smallest absolute Gasteiger partial charge is 0.152 e. The fourth-order valence-electron chi connectivity index (χ4n) is 1.88. The van der Waals surface area contributed by atoms with Gasteiger partial charge in [0.15, 0.2) is 6.79 Å². The van der Waals surface area contributed by atoms with Crippen molar-refractivity contribution in [3.8, 4) is 11.5 Å². The number of phenolic OH excluding ortho intramolecular Hbond substituents is 2. The molecule has 0 amide bonds. The van der Waals surface area contributed by atoms with Crippen LogP contribution in [0.1, 0.15) is 0 Å². The highest BCUT2D eigenvalue weighted by molar-refractivity contribution is 7.99. The lowest BCUT2D eigenvalue weighted by molar-refractivity contribution is -0.167. The lowest BCUT2D eigenvalue weighted by Gasteiger charge is -2.08. The van der Waals surface area contributed by atoms with Gasteiger partial charge >= 0.3 is 0 Å². The van der Waals surface area contributed by atoms with Crippen molar-refractivity contribution >= 4 is 23.5 Å². The molecule has 0 fully saturated rings. The second kappa shape index (κ2) is 13.7. The number of rotatable bonds is 14. The maximum absolute atomic E-state index is 9.21. The maximum atomic E-state index is 9.21. The Morgan fingerprint density at radius 1 is 0.556 bits per heavy atom. The number of phenols is 2. The van der Waals surface area contributed by atoms with Crippen LogP contribution in [0.2, 0.25) is 0 Å². The van der Waals surface area contributed by atoms with Gasteiger partial charge in [-0.05, 0) is 48.5 Å². The van der Waals surface area contributed by atoms with Crippen LogP contribution in [0.15, 0.2) is 58.3 Å². The van der Waals surface area contributed by atoms with E-state index in [2.05, 4.69) is 0 Å². The van der Waals surface area contributed by atoms with Gasteiger partial charge in [0, 0.05) is 21.3 Å². The van der Waals surface area contributed by atoms with E-state index in [0.717, 1.165) is 21.3 Å². The van der Waals surface area contributed by atoms with Gasteiger partial charge in [0.1, 0.15) is 25.1 Å². The summed E-state index contributed by atoms with van der Waals surface area (Å²) in [4.78, 5) is 2.17. The lowest BCUT2D eigenvalue weighted by Crippen LogP contribution is -2.09. The first kappa shape index (κ1) is 21.9. The van der Waals surface area contributed by atoms with Gasteiger partial charge in [0.05, 0.1) is 13.2 Å². The average molecular weight is 413 g/mol. The van der Waals surface area contributed by atoms with E-state index in [4.69, 9.17) is 18.9 Å². The zero-order valence-corrected chi connectivity index (χ0v) is 16.5. The quantitative estimate of drug-likeness (QED) is 0.275. The molecule has 0 aliphatic heterocycles. The van der Waals surface area contributed by atoms with Crippen LogP contribution in [-0.4, -0.2) is 55.3 Å². The first-order valence-corrected chi connectivity index (χ1v) is 10.4. The van der Waals surface area contributed by atoms with Gasteiger partial charge in [-0.25, -0.2) is 0 Å². The summed E-state index contributed by atoms with van der Waals surface area (Å²) < 4.78 is 21.1. The Kier molecular flexibility index (Phi) is 11.1. The van der Waals surface area contributed by atoms with Crippen LogP contribution in [-0.2, 0) is 18.9 Å². The summed E-state index contributed by atoms with van der Waals surface area (Å²) in [7, 11) is 0. The number of ether oxygens (including phenoxy) is 4. The summed E-state index contributed by atoms with van der Waals surface area (Å²) in [6.07, 6.45) is 0. The monoisotopic (exact) mass is 412 g/mol. The van der Waals surface area contributed by atoms with E-state index in [9.17, 15) is 10.2 Å². The zero-order valence-electron chi connectivity index (χ0n) is 14.9. The third kappa shape index (κ3) is 10.5. The summed E-state index contributed by atoms with van der Waals surface area (Å²) in [6.45, 7) is 1.60. The van der Waals surface area contributed by atoms with Crippen LogP contribution in [0, 0.1) is 0 Å². The second-order valence-corrected chi connectivity index (χ2v) is 7.60. The third-order valence-electron chi connectivity index (χ3n) is 3.17. The van der Waals surface area contributed by atoms with E-state index in [1.807, 2.05) is 24.3 Å². The second-order valence-electron chi connectivity index (χ2n) is 5.26.